The fourth-order valence-electron chi connectivity index (χ4n) is 1.44. The number of halogens is 2. The van der Waals surface area contributed by atoms with Crippen LogP contribution in [0.1, 0.15) is 5.56 Å². The summed E-state index contributed by atoms with van der Waals surface area (Å²) in [4.78, 5) is 10.5. The van der Waals surface area contributed by atoms with Crippen molar-refractivity contribution >= 4 is 16.9 Å². The molecule has 0 bridgehead atoms. The van der Waals surface area contributed by atoms with Gasteiger partial charge in [-0.1, -0.05) is 0 Å². The number of carboxylic acid groups (broad SMARTS) is 1. The lowest BCUT2D eigenvalue weighted by atomic mass is 10.1. The van der Waals surface area contributed by atoms with Crippen LogP contribution in [0, 0.1) is 11.6 Å². The van der Waals surface area contributed by atoms with Gasteiger partial charge in [-0.15, -0.1) is 0 Å². The molecule has 1 aromatic carbocycles. The molecule has 0 fully saturated rings. The van der Waals surface area contributed by atoms with Crippen LogP contribution in [0.4, 0.5) is 8.78 Å². The van der Waals surface area contributed by atoms with Crippen LogP contribution in [0.25, 0.3) is 11.0 Å². The number of hydrogen-bond acceptors (Lipinski definition) is 2. The van der Waals surface area contributed by atoms with E-state index < -0.39 is 17.6 Å². The van der Waals surface area contributed by atoms with Gasteiger partial charge in [0.2, 0.25) is 0 Å². The van der Waals surface area contributed by atoms with Crippen molar-refractivity contribution in [2.24, 2.45) is 0 Å². The lowest BCUT2D eigenvalue weighted by molar-refractivity contribution is -0.136. The van der Waals surface area contributed by atoms with E-state index >= 15 is 0 Å². The Kier molecular flexibility index (Phi) is 2.15. The summed E-state index contributed by atoms with van der Waals surface area (Å²) in [6, 6.07) is 1.72. The van der Waals surface area contributed by atoms with Crippen LogP contribution in [0.2, 0.25) is 0 Å². The molecule has 2 aromatic rings. The second-order valence-electron chi connectivity index (χ2n) is 3.09. The van der Waals surface area contributed by atoms with Crippen LogP contribution in [-0.4, -0.2) is 11.1 Å². The van der Waals surface area contributed by atoms with Crippen molar-refractivity contribution in [1.29, 1.82) is 0 Å². The Morgan fingerprint density at radius 2 is 2.13 bits per heavy atom. The molecule has 5 heteroatoms. The Balaban J connectivity index is 2.63. The molecule has 1 aromatic heterocycles. The molecule has 0 spiro atoms. The number of aliphatic carboxylic acids is 1. The molecule has 78 valence electrons. The Bertz CT molecular complexity index is 531. The minimum Gasteiger partial charge on any atom is -0.481 e. The summed E-state index contributed by atoms with van der Waals surface area (Å²) >= 11 is 0. The number of carboxylic acids is 1. The fourth-order valence-corrected chi connectivity index (χ4v) is 1.44. The summed E-state index contributed by atoms with van der Waals surface area (Å²) in [7, 11) is 0. The predicted molar refractivity (Wildman–Crippen MR) is 47.5 cm³/mol. The normalized spacial score (nSPS) is 10.8. The molecule has 0 saturated heterocycles. The molecule has 0 aliphatic carbocycles. The molecule has 0 amide bonds. The van der Waals surface area contributed by atoms with Crippen LogP contribution in [0.3, 0.4) is 0 Å². The van der Waals surface area contributed by atoms with Gasteiger partial charge in [-0.05, 0) is 0 Å². The molecule has 0 aliphatic rings. The molecule has 3 nitrogen and oxygen atoms in total. The molecule has 0 radical (unpaired) electrons. The zero-order valence-corrected chi connectivity index (χ0v) is 7.46. The number of rotatable bonds is 2. The summed E-state index contributed by atoms with van der Waals surface area (Å²) in [5, 5.41) is 8.58. The standard InChI is InChI=1S/C10H6F2O3/c11-6-2-7(12)10-5(1-9(13)14)4-15-8(10)3-6/h2-4H,1H2,(H,13,14). The second-order valence-corrected chi connectivity index (χ2v) is 3.09. The molecule has 0 unspecified atom stereocenters. The zero-order chi connectivity index (χ0) is 11.0. The van der Waals surface area contributed by atoms with E-state index in [9.17, 15) is 13.6 Å². The first kappa shape index (κ1) is 9.64. The molecule has 1 heterocycles. The average molecular weight is 212 g/mol. The maximum atomic E-state index is 13.3. The molecule has 0 atom stereocenters. The Labute approximate surface area is 82.9 Å². The number of carbonyl (C=O) groups is 1. The highest BCUT2D eigenvalue weighted by Gasteiger charge is 2.14. The van der Waals surface area contributed by atoms with Crippen molar-refractivity contribution in [2.75, 3.05) is 0 Å². The van der Waals surface area contributed by atoms with E-state index in [0.717, 1.165) is 12.3 Å². The third-order valence-corrected chi connectivity index (χ3v) is 2.01. The van der Waals surface area contributed by atoms with Gasteiger partial charge in [0.1, 0.15) is 17.2 Å². The Hall–Kier alpha value is -1.91. The molecule has 15 heavy (non-hydrogen) atoms. The maximum Gasteiger partial charge on any atom is 0.307 e. The van der Waals surface area contributed by atoms with Gasteiger partial charge in [0.05, 0.1) is 18.1 Å². The minimum atomic E-state index is -1.10. The quantitative estimate of drug-likeness (QED) is 0.831. The molecule has 0 saturated carbocycles. The topological polar surface area (TPSA) is 50.4 Å². The smallest absolute Gasteiger partial charge is 0.307 e. The zero-order valence-electron chi connectivity index (χ0n) is 7.46. The van der Waals surface area contributed by atoms with Gasteiger partial charge in [0.25, 0.3) is 0 Å². The van der Waals surface area contributed by atoms with Gasteiger partial charge in [-0.25, -0.2) is 8.78 Å². The fraction of sp³-hybridized carbons (Fsp3) is 0.100. The summed E-state index contributed by atoms with van der Waals surface area (Å²) in [6.45, 7) is 0. The number of furan rings is 1. The SMILES string of the molecule is O=C(O)Cc1coc2cc(F)cc(F)c12. The molecule has 0 aliphatic heterocycles. The van der Waals surface area contributed by atoms with E-state index in [4.69, 9.17) is 9.52 Å². The van der Waals surface area contributed by atoms with Crippen molar-refractivity contribution in [3.8, 4) is 0 Å². The third-order valence-electron chi connectivity index (χ3n) is 2.01. The summed E-state index contributed by atoms with van der Waals surface area (Å²) in [5.74, 6) is -2.66. The number of benzene rings is 1. The van der Waals surface area contributed by atoms with Crippen LogP contribution >= 0.6 is 0 Å². The van der Waals surface area contributed by atoms with E-state index in [1.807, 2.05) is 0 Å². The predicted octanol–water partition coefficient (Wildman–Crippen LogP) is 2.34. The Morgan fingerprint density at radius 3 is 2.80 bits per heavy atom. The lowest BCUT2D eigenvalue weighted by Gasteiger charge is -1.95. The highest BCUT2D eigenvalue weighted by Crippen LogP contribution is 2.25. The first-order valence-electron chi connectivity index (χ1n) is 4.15. The van der Waals surface area contributed by atoms with Gasteiger partial charge in [-0.3, -0.25) is 4.79 Å². The van der Waals surface area contributed by atoms with E-state index in [1.54, 1.807) is 0 Å². The number of fused-ring (bicyclic) bond motifs is 1. The minimum absolute atomic E-state index is 0.0174. The number of hydrogen-bond donors (Lipinski definition) is 1. The van der Waals surface area contributed by atoms with Crippen molar-refractivity contribution in [1.82, 2.24) is 0 Å². The van der Waals surface area contributed by atoms with Crippen LogP contribution in [0.15, 0.2) is 22.8 Å². The first-order valence-corrected chi connectivity index (χ1v) is 4.15. The van der Waals surface area contributed by atoms with Crippen molar-refractivity contribution in [2.45, 2.75) is 6.42 Å². The molecule has 2 rings (SSSR count). The largest absolute Gasteiger partial charge is 0.481 e. The van der Waals surface area contributed by atoms with Gasteiger partial charge < -0.3 is 9.52 Å². The van der Waals surface area contributed by atoms with Gasteiger partial charge in [0, 0.05) is 17.7 Å². The maximum absolute atomic E-state index is 13.3. The van der Waals surface area contributed by atoms with Gasteiger partial charge >= 0.3 is 5.97 Å². The second kappa shape index (κ2) is 3.34. The average Bonchev–Trinajstić information content (AvgIpc) is 2.46. The van der Waals surface area contributed by atoms with E-state index in [-0.39, 0.29) is 23.0 Å². The summed E-state index contributed by atoms with van der Waals surface area (Å²) in [6.07, 6.45) is 0.775. The van der Waals surface area contributed by atoms with Crippen LogP contribution in [-0.2, 0) is 11.2 Å². The first-order chi connectivity index (χ1) is 7.08. The third kappa shape index (κ3) is 1.68. The van der Waals surface area contributed by atoms with Crippen molar-refractivity contribution < 1.29 is 23.1 Å². The summed E-state index contributed by atoms with van der Waals surface area (Å²) in [5.41, 5.74) is 0.221. The van der Waals surface area contributed by atoms with Gasteiger partial charge in [-0.2, -0.15) is 0 Å². The van der Waals surface area contributed by atoms with E-state index in [0.29, 0.717) is 6.07 Å². The highest BCUT2D eigenvalue weighted by atomic mass is 19.1. The Morgan fingerprint density at radius 1 is 1.40 bits per heavy atom. The summed E-state index contributed by atoms with van der Waals surface area (Å²) < 4.78 is 30.9. The van der Waals surface area contributed by atoms with Gasteiger partial charge in [0.15, 0.2) is 0 Å². The van der Waals surface area contributed by atoms with Crippen molar-refractivity contribution in [3.05, 3.63) is 35.6 Å². The molecular weight excluding hydrogens is 206 g/mol. The van der Waals surface area contributed by atoms with Crippen LogP contribution < -0.4 is 0 Å². The highest BCUT2D eigenvalue weighted by molar-refractivity contribution is 5.85. The van der Waals surface area contributed by atoms with Crippen molar-refractivity contribution in [3.63, 3.8) is 0 Å². The van der Waals surface area contributed by atoms with E-state index in [2.05, 4.69) is 0 Å². The monoisotopic (exact) mass is 212 g/mol. The molecular formula is C10H6F2O3. The lowest BCUT2D eigenvalue weighted by Crippen LogP contribution is -1.99. The van der Waals surface area contributed by atoms with E-state index in [1.165, 1.54) is 0 Å². The molecule has 1 N–H and O–H groups in total. The van der Waals surface area contributed by atoms with Crippen LogP contribution in [0.5, 0.6) is 0 Å².